The lowest BCUT2D eigenvalue weighted by Gasteiger charge is -2.41. The van der Waals surface area contributed by atoms with Crippen LogP contribution in [0.25, 0.3) is 0 Å². The fourth-order valence-electron chi connectivity index (χ4n) is 4.72. The van der Waals surface area contributed by atoms with Crippen molar-refractivity contribution in [1.82, 2.24) is 0 Å². The van der Waals surface area contributed by atoms with Crippen LogP contribution in [0, 0.1) is 0 Å². The zero-order valence-electron chi connectivity index (χ0n) is 15.1. The highest BCUT2D eigenvalue weighted by Gasteiger charge is 2.44. The molecule has 0 saturated heterocycles. The number of rotatable bonds is 1. The third-order valence-corrected chi connectivity index (χ3v) is 6.12. The predicted molar refractivity (Wildman–Crippen MR) is 95.9 cm³/mol. The molecule has 0 saturated carbocycles. The molecule has 2 aromatic carbocycles. The first-order valence-electron chi connectivity index (χ1n) is 9.11. The summed E-state index contributed by atoms with van der Waals surface area (Å²) in [4.78, 5) is 2.68. The van der Waals surface area contributed by atoms with Crippen molar-refractivity contribution in [3.8, 4) is 23.0 Å². The van der Waals surface area contributed by atoms with Crippen LogP contribution in [0.2, 0.25) is 0 Å². The molecule has 2 aromatic rings. The smallest absolute Gasteiger partial charge is 0.170 e. The summed E-state index contributed by atoms with van der Waals surface area (Å²) in [5.74, 6) is -0.333. The van der Waals surface area contributed by atoms with Gasteiger partial charge in [0.25, 0.3) is 0 Å². The first-order chi connectivity index (χ1) is 12.4. The maximum absolute atomic E-state index is 10.1. The molecule has 2 heterocycles. The van der Waals surface area contributed by atoms with E-state index in [9.17, 15) is 20.4 Å². The minimum Gasteiger partial charge on any atom is -0.504 e. The van der Waals surface area contributed by atoms with Gasteiger partial charge in [0.15, 0.2) is 35.1 Å². The molecule has 6 heteroatoms. The van der Waals surface area contributed by atoms with Crippen molar-refractivity contribution in [2.75, 3.05) is 27.2 Å². The highest BCUT2D eigenvalue weighted by atomic mass is 16.3. The largest absolute Gasteiger partial charge is 0.504 e. The second kappa shape index (κ2) is 6.07. The second-order valence-corrected chi connectivity index (χ2v) is 7.73. The van der Waals surface area contributed by atoms with Gasteiger partial charge in [-0.2, -0.15) is 0 Å². The van der Waals surface area contributed by atoms with E-state index in [1.807, 2.05) is 0 Å². The molecule has 138 valence electrons. The summed E-state index contributed by atoms with van der Waals surface area (Å²) in [5.41, 5.74) is 4.24. The number of hydrogen-bond acceptors (Lipinski definition) is 4. The maximum Gasteiger partial charge on any atom is 0.170 e. The van der Waals surface area contributed by atoms with Crippen LogP contribution in [0.4, 0.5) is 0 Å². The Labute approximate surface area is 152 Å². The minimum atomic E-state index is -0.0920. The van der Waals surface area contributed by atoms with Gasteiger partial charge in [0.1, 0.15) is 0 Å². The molecule has 0 bridgehead atoms. The molecular weight excluding hydrogens is 332 g/mol. The van der Waals surface area contributed by atoms with Gasteiger partial charge in [-0.05, 0) is 35.4 Å². The molecule has 0 radical (unpaired) electrons. The number of fused-ring (bicyclic) bond motifs is 2. The summed E-state index contributed by atoms with van der Waals surface area (Å²) in [6, 6.07) is 6.93. The standard InChI is InChI=1S/C20H24N2O4/c1-21-5-3-11-7-15(23)17(25)9-13(11)19(21)20-14-10-18(26)16(24)8-12(14)4-6-22(20)2/h7-10,19-20,23-26H,3-6H2,1-2H3/p+2/t19-,20+. The number of benzene rings is 2. The van der Waals surface area contributed by atoms with E-state index in [2.05, 4.69) is 14.1 Å². The molecule has 0 amide bonds. The molecule has 0 aliphatic carbocycles. The average molecular weight is 358 g/mol. The second-order valence-electron chi connectivity index (χ2n) is 7.73. The molecule has 26 heavy (non-hydrogen) atoms. The summed E-state index contributed by atoms with van der Waals surface area (Å²) in [7, 11) is 4.30. The summed E-state index contributed by atoms with van der Waals surface area (Å²) in [6.07, 6.45) is 1.70. The summed E-state index contributed by atoms with van der Waals surface area (Å²) in [5, 5.41) is 39.9. The Kier molecular flexibility index (Phi) is 3.97. The van der Waals surface area contributed by atoms with Gasteiger partial charge in [0, 0.05) is 24.0 Å². The molecular formula is C20H26N2O4+2. The highest BCUT2D eigenvalue weighted by Crippen LogP contribution is 2.39. The molecule has 4 rings (SSSR count). The fraction of sp³-hybridized carbons (Fsp3) is 0.400. The van der Waals surface area contributed by atoms with Gasteiger partial charge < -0.3 is 30.2 Å². The Bertz CT molecular complexity index is 796. The number of likely N-dealkylation sites (N-methyl/N-ethyl adjacent to an activating group) is 2. The Morgan fingerprint density at radius 2 is 1.00 bits per heavy atom. The van der Waals surface area contributed by atoms with E-state index < -0.39 is 0 Å². The van der Waals surface area contributed by atoms with E-state index >= 15 is 0 Å². The van der Waals surface area contributed by atoms with E-state index in [4.69, 9.17) is 0 Å². The van der Waals surface area contributed by atoms with Crippen LogP contribution in [0.1, 0.15) is 34.3 Å². The number of nitrogens with one attached hydrogen (secondary N) is 2. The molecule has 2 unspecified atom stereocenters. The van der Waals surface area contributed by atoms with Crippen molar-refractivity contribution in [1.29, 1.82) is 0 Å². The van der Waals surface area contributed by atoms with Gasteiger partial charge in [-0.15, -0.1) is 0 Å². The van der Waals surface area contributed by atoms with Gasteiger partial charge in [-0.3, -0.25) is 0 Å². The number of aromatic hydroxyl groups is 4. The van der Waals surface area contributed by atoms with Gasteiger partial charge in [-0.1, -0.05) is 0 Å². The number of phenols is 4. The van der Waals surface area contributed by atoms with Crippen molar-refractivity contribution in [3.05, 3.63) is 46.5 Å². The quantitative estimate of drug-likeness (QED) is 0.386. The van der Waals surface area contributed by atoms with E-state index in [0.29, 0.717) is 0 Å². The van der Waals surface area contributed by atoms with Crippen molar-refractivity contribution >= 4 is 0 Å². The summed E-state index contributed by atoms with van der Waals surface area (Å²) >= 11 is 0. The third kappa shape index (κ3) is 2.57. The molecule has 6 nitrogen and oxygen atoms in total. The van der Waals surface area contributed by atoms with E-state index in [1.165, 1.54) is 9.80 Å². The van der Waals surface area contributed by atoms with Crippen LogP contribution in [0.5, 0.6) is 23.0 Å². The van der Waals surface area contributed by atoms with Crippen molar-refractivity contribution in [2.45, 2.75) is 24.9 Å². The van der Waals surface area contributed by atoms with Crippen LogP contribution in [-0.2, 0) is 12.8 Å². The van der Waals surface area contributed by atoms with Crippen molar-refractivity contribution in [2.24, 2.45) is 0 Å². The zero-order chi connectivity index (χ0) is 18.6. The Morgan fingerprint density at radius 1 is 0.654 bits per heavy atom. The van der Waals surface area contributed by atoms with Crippen molar-refractivity contribution < 1.29 is 30.2 Å². The van der Waals surface area contributed by atoms with Crippen molar-refractivity contribution in [3.63, 3.8) is 0 Å². The Morgan fingerprint density at radius 3 is 1.38 bits per heavy atom. The van der Waals surface area contributed by atoms with Crippen LogP contribution in [0.3, 0.4) is 0 Å². The third-order valence-electron chi connectivity index (χ3n) is 6.12. The summed E-state index contributed by atoms with van der Waals surface area (Å²) < 4.78 is 0. The Hall–Kier alpha value is -2.44. The molecule has 2 aliphatic heterocycles. The topological polar surface area (TPSA) is 89.8 Å². The first kappa shape index (κ1) is 17.0. The molecule has 4 atom stereocenters. The van der Waals surface area contributed by atoms with Gasteiger partial charge in [0.05, 0.1) is 27.2 Å². The lowest BCUT2D eigenvalue weighted by Crippen LogP contribution is -3.19. The molecule has 0 aromatic heterocycles. The number of quaternary nitrogens is 2. The van der Waals surface area contributed by atoms with Crippen LogP contribution >= 0.6 is 0 Å². The van der Waals surface area contributed by atoms with E-state index in [0.717, 1.165) is 48.2 Å². The maximum atomic E-state index is 10.1. The number of phenolic OH excluding ortho intramolecular Hbond substituents is 4. The van der Waals surface area contributed by atoms with Crippen LogP contribution in [-0.4, -0.2) is 47.6 Å². The fourth-order valence-corrected chi connectivity index (χ4v) is 4.72. The summed E-state index contributed by atoms with van der Waals surface area (Å²) in [6.45, 7) is 1.87. The van der Waals surface area contributed by atoms with Gasteiger partial charge in [-0.25, -0.2) is 0 Å². The lowest BCUT2D eigenvalue weighted by molar-refractivity contribution is -0.990. The Balaban J connectivity index is 1.88. The van der Waals surface area contributed by atoms with E-state index in [-0.39, 0.29) is 35.1 Å². The SMILES string of the molecule is C[NH+]1CCc2cc(O)c(O)cc2[C@@H]1[C@@H]1c2cc(O)c(O)cc2CC[NH+]1C. The zero-order valence-corrected chi connectivity index (χ0v) is 15.1. The van der Waals surface area contributed by atoms with Gasteiger partial charge in [0.2, 0.25) is 0 Å². The highest BCUT2D eigenvalue weighted by molar-refractivity contribution is 5.50. The minimum absolute atomic E-state index is 0.0747. The predicted octanol–water partition coefficient (Wildman–Crippen LogP) is -0.567. The van der Waals surface area contributed by atoms with Gasteiger partial charge >= 0.3 is 0 Å². The monoisotopic (exact) mass is 358 g/mol. The normalized spacial score (nSPS) is 27.6. The molecule has 6 N–H and O–H groups in total. The van der Waals surface area contributed by atoms with E-state index in [1.54, 1.807) is 24.3 Å². The average Bonchev–Trinajstić information content (AvgIpc) is 2.59. The lowest BCUT2D eigenvalue weighted by atomic mass is 9.81. The molecule has 0 spiro atoms. The van der Waals surface area contributed by atoms with Crippen LogP contribution in [0.15, 0.2) is 24.3 Å². The number of hydrogen-bond donors (Lipinski definition) is 6. The van der Waals surface area contributed by atoms with Crippen LogP contribution < -0.4 is 9.80 Å². The molecule has 2 aliphatic rings. The first-order valence-corrected chi connectivity index (χ1v) is 9.11. The molecule has 0 fully saturated rings.